The van der Waals surface area contributed by atoms with Crippen LogP contribution in [0.15, 0.2) is 41.3 Å². The van der Waals surface area contributed by atoms with Gasteiger partial charge in [-0.2, -0.15) is 9.61 Å². The molecule has 5 nitrogen and oxygen atoms in total. The zero-order valence-corrected chi connectivity index (χ0v) is 10.1. The molecule has 3 aromatic heterocycles. The molecule has 18 heavy (non-hydrogen) atoms. The molecule has 0 spiro atoms. The first-order valence-corrected chi connectivity index (χ1v) is 5.89. The molecular weight excluding hydrogens is 228 g/mol. The Labute approximate surface area is 104 Å². The second-order valence-electron chi connectivity index (χ2n) is 4.20. The third-order valence-electron chi connectivity index (χ3n) is 2.78. The summed E-state index contributed by atoms with van der Waals surface area (Å²) in [5, 5.41) is 7.55. The van der Waals surface area contributed by atoms with Crippen molar-refractivity contribution >= 4 is 11.5 Å². The van der Waals surface area contributed by atoms with Crippen molar-refractivity contribution in [2.75, 3.05) is 11.9 Å². The summed E-state index contributed by atoms with van der Waals surface area (Å²) in [5.41, 5.74) is 2.02. The van der Waals surface area contributed by atoms with Crippen molar-refractivity contribution in [3.8, 4) is 0 Å². The molecule has 0 aromatic carbocycles. The van der Waals surface area contributed by atoms with Gasteiger partial charge >= 0.3 is 0 Å². The van der Waals surface area contributed by atoms with Crippen molar-refractivity contribution < 1.29 is 4.42 Å². The molecule has 0 radical (unpaired) electrons. The number of hydrogen-bond acceptors (Lipinski definition) is 4. The second-order valence-corrected chi connectivity index (χ2v) is 4.20. The highest BCUT2D eigenvalue weighted by Crippen LogP contribution is 2.13. The number of nitrogens with one attached hydrogen (secondary N) is 1. The molecule has 0 aliphatic rings. The quantitative estimate of drug-likeness (QED) is 0.762. The Morgan fingerprint density at radius 1 is 1.39 bits per heavy atom. The van der Waals surface area contributed by atoms with Gasteiger partial charge in [0.2, 0.25) is 0 Å². The number of nitrogens with zero attached hydrogens (tertiary/aromatic N) is 3. The van der Waals surface area contributed by atoms with Gasteiger partial charge in [-0.1, -0.05) is 0 Å². The van der Waals surface area contributed by atoms with E-state index in [4.69, 9.17) is 4.42 Å². The predicted molar refractivity (Wildman–Crippen MR) is 68.6 cm³/mol. The minimum absolute atomic E-state index is 0.798. The lowest BCUT2D eigenvalue weighted by Crippen LogP contribution is -2.09. The monoisotopic (exact) mass is 242 g/mol. The highest BCUT2D eigenvalue weighted by Gasteiger charge is 2.03. The zero-order chi connectivity index (χ0) is 12.4. The van der Waals surface area contributed by atoms with E-state index < -0.39 is 0 Å². The maximum Gasteiger partial charge on any atom is 0.157 e. The fraction of sp³-hybridized carbons (Fsp3) is 0.231. The van der Waals surface area contributed by atoms with Crippen molar-refractivity contribution in [1.82, 2.24) is 14.6 Å². The summed E-state index contributed by atoms with van der Waals surface area (Å²) >= 11 is 0. The molecular formula is C13H14N4O. The fourth-order valence-corrected chi connectivity index (χ4v) is 1.95. The molecule has 0 aliphatic heterocycles. The van der Waals surface area contributed by atoms with E-state index >= 15 is 0 Å². The summed E-state index contributed by atoms with van der Waals surface area (Å²) < 4.78 is 7.09. The number of aromatic nitrogens is 3. The van der Waals surface area contributed by atoms with Crippen LogP contribution in [0.25, 0.3) is 5.65 Å². The van der Waals surface area contributed by atoms with Gasteiger partial charge in [0.1, 0.15) is 17.9 Å². The SMILES string of the molecule is Cc1cc(NCCc2ccco2)n2ncnc2c1. The van der Waals surface area contributed by atoms with E-state index in [1.54, 1.807) is 17.1 Å². The van der Waals surface area contributed by atoms with E-state index in [2.05, 4.69) is 21.5 Å². The third kappa shape index (κ3) is 2.07. The molecule has 92 valence electrons. The summed E-state index contributed by atoms with van der Waals surface area (Å²) in [6, 6.07) is 7.94. The van der Waals surface area contributed by atoms with Crippen LogP contribution in [0, 0.1) is 6.92 Å². The molecule has 3 rings (SSSR count). The van der Waals surface area contributed by atoms with E-state index in [0.717, 1.165) is 35.8 Å². The highest BCUT2D eigenvalue weighted by atomic mass is 16.3. The number of aryl methyl sites for hydroxylation is 1. The second kappa shape index (κ2) is 4.52. The number of furan rings is 1. The van der Waals surface area contributed by atoms with Gasteiger partial charge in [-0.3, -0.25) is 0 Å². The van der Waals surface area contributed by atoms with Gasteiger partial charge in [0.25, 0.3) is 0 Å². The first-order valence-electron chi connectivity index (χ1n) is 5.89. The van der Waals surface area contributed by atoms with Gasteiger partial charge in [0.05, 0.1) is 6.26 Å². The molecule has 0 aliphatic carbocycles. The van der Waals surface area contributed by atoms with E-state index in [-0.39, 0.29) is 0 Å². The van der Waals surface area contributed by atoms with Crippen molar-refractivity contribution in [2.45, 2.75) is 13.3 Å². The lowest BCUT2D eigenvalue weighted by molar-refractivity contribution is 0.512. The smallest absolute Gasteiger partial charge is 0.157 e. The Morgan fingerprint density at radius 2 is 2.33 bits per heavy atom. The molecule has 0 atom stereocenters. The van der Waals surface area contributed by atoms with Crippen LogP contribution in [0.4, 0.5) is 5.82 Å². The first-order chi connectivity index (χ1) is 8.83. The molecule has 0 unspecified atom stereocenters. The molecule has 0 saturated carbocycles. The number of hydrogen-bond donors (Lipinski definition) is 1. The minimum atomic E-state index is 0.798. The zero-order valence-electron chi connectivity index (χ0n) is 10.1. The maximum atomic E-state index is 5.29. The lowest BCUT2D eigenvalue weighted by Gasteiger charge is -2.08. The topological polar surface area (TPSA) is 55.4 Å². The van der Waals surface area contributed by atoms with Crippen LogP contribution in [0.3, 0.4) is 0 Å². The Kier molecular flexibility index (Phi) is 2.72. The number of fused-ring (bicyclic) bond motifs is 1. The van der Waals surface area contributed by atoms with Crippen molar-refractivity contribution in [3.63, 3.8) is 0 Å². The normalized spacial score (nSPS) is 10.9. The number of pyridine rings is 1. The fourth-order valence-electron chi connectivity index (χ4n) is 1.95. The summed E-state index contributed by atoms with van der Waals surface area (Å²) in [7, 11) is 0. The average molecular weight is 242 g/mol. The highest BCUT2D eigenvalue weighted by molar-refractivity contribution is 5.51. The Balaban J connectivity index is 1.75. The van der Waals surface area contributed by atoms with Crippen LogP contribution in [-0.4, -0.2) is 21.1 Å². The average Bonchev–Trinajstić information content (AvgIpc) is 2.98. The minimum Gasteiger partial charge on any atom is -0.469 e. The van der Waals surface area contributed by atoms with E-state index in [1.165, 1.54) is 0 Å². The molecule has 3 heterocycles. The number of anilines is 1. The van der Waals surface area contributed by atoms with Gasteiger partial charge in [-0.05, 0) is 36.8 Å². The summed E-state index contributed by atoms with van der Waals surface area (Å²) in [6.07, 6.45) is 4.10. The van der Waals surface area contributed by atoms with Crippen LogP contribution in [0.5, 0.6) is 0 Å². The Bertz CT molecular complexity index is 642. The summed E-state index contributed by atoms with van der Waals surface area (Å²) in [4.78, 5) is 4.19. The molecule has 0 saturated heterocycles. The van der Waals surface area contributed by atoms with E-state index in [0.29, 0.717) is 0 Å². The molecule has 3 aromatic rings. The van der Waals surface area contributed by atoms with Crippen molar-refractivity contribution in [3.05, 3.63) is 48.2 Å². The number of rotatable bonds is 4. The van der Waals surface area contributed by atoms with Crippen molar-refractivity contribution in [2.24, 2.45) is 0 Å². The standard InChI is InChI=1S/C13H14N4O/c1-10-7-12(17-13(8-10)15-9-16-17)14-5-4-11-3-2-6-18-11/h2-3,6-9,14H,4-5H2,1H3. The van der Waals surface area contributed by atoms with Gasteiger partial charge in [0.15, 0.2) is 5.65 Å². The van der Waals surface area contributed by atoms with Crippen LogP contribution >= 0.6 is 0 Å². The molecule has 1 N–H and O–H groups in total. The van der Waals surface area contributed by atoms with Crippen LogP contribution < -0.4 is 5.32 Å². The van der Waals surface area contributed by atoms with E-state index in [9.17, 15) is 0 Å². The van der Waals surface area contributed by atoms with Gasteiger partial charge in [0, 0.05) is 13.0 Å². The van der Waals surface area contributed by atoms with Crippen LogP contribution in [0.2, 0.25) is 0 Å². The van der Waals surface area contributed by atoms with Gasteiger partial charge in [-0.15, -0.1) is 0 Å². The third-order valence-corrected chi connectivity index (χ3v) is 2.78. The maximum absolute atomic E-state index is 5.29. The summed E-state index contributed by atoms with van der Waals surface area (Å²) in [6.45, 7) is 2.85. The first kappa shape index (κ1) is 10.8. The molecule has 0 amide bonds. The Morgan fingerprint density at radius 3 is 3.17 bits per heavy atom. The predicted octanol–water partition coefficient (Wildman–Crippen LogP) is 2.29. The van der Waals surface area contributed by atoms with Gasteiger partial charge < -0.3 is 9.73 Å². The molecule has 0 bridgehead atoms. The molecule has 0 fully saturated rings. The van der Waals surface area contributed by atoms with Crippen LogP contribution in [0.1, 0.15) is 11.3 Å². The van der Waals surface area contributed by atoms with E-state index in [1.807, 2.05) is 25.1 Å². The largest absolute Gasteiger partial charge is 0.469 e. The summed E-state index contributed by atoms with van der Waals surface area (Å²) in [5.74, 6) is 1.93. The lowest BCUT2D eigenvalue weighted by atomic mass is 10.3. The Hall–Kier alpha value is -2.30. The van der Waals surface area contributed by atoms with Crippen molar-refractivity contribution in [1.29, 1.82) is 0 Å². The van der Waals surface area contributed by atoms with Crippen LogP contribution in [-0.2, 0) is 6.42 Å². The van der Waals surface area contributed by atoms with Gasteiger partial charge in [-0.25, -0.2) is 4.98 Å². The molecule has 5 heteroatoms.